The van der Waals surface area contributed by atoms with E-state index in [0.717, 1.165) is 39.2 Å². The van der Waals surface area contributed by atoms with Crippen LogP contribution in [0.5, 0.6) is 5.75 Å². The topological polar surface area (TPSA) is 66.0 Å². The van der Waals surface area contributed by atoms with Crippen LogP contribution in [-0.4, -0.2) is 27.0 Å². The summed E-state index contributed by atoms with van der Waals surface area (Å²) in [7, 11) is 1.65. The number of hydrogen-bond donors (Lipinski definition) is 0. The molecule has 8 heteroatoms. The molecule has 0 fully saturated rings. The van der Waals surface area contributed by atoms with Crippen molar-refractivity contribution >= 4 is 23.4 Å². The van der Waals surface area contributed by atoms with E-state index in [9.17, 15) is 0 Å². The quantitative estimate of drug-likeness (QED) is 0.379. The van der Waals surface area contributed by atoms with Crippen LogP contribution in [-0.2, 0) is 5.75 Å². The van der Waals surface area contributed by atoms with Gasteiger partial charge in [0.05, 0.1) is 18.4 Å². The van der Waals surface area contributed by atoms with Crippen molar-refractivity contribution in [1.29, 1.82) is 0 Å². The first kappa shape index (κ1) is 19.5. The van der Waals surface area contributed by atoms with E-state index in [1.807, 2.05) is 66.9 Å². The molecule has 0 N–H and O–H groups in total. The molecule has 0 radical (unpaired) electrons. The van der Waals surface area contributed by atoms with Gasteiger partial charge in [-0.05, 0) is 50.2 Å². The zero-order valence-electron chi connectivity index (χ0n) is 16.2. The van der Waals surface area contributed by atoms with Crippen LogP contribution in [0.1, 0.15) is 17.0 Å². The fourth-order valence-corrected chi connectivity index (χ4v) is 4.27. The summed E-state index contributed by atoms with van der Waals surface area (Å²) >= 11 is 7.67. The first-order valence-electron chi connectivity index (χ1n) is 8.97. The number of para-hydroxylation sites is 1. The van der Waals surface area contributed by atoms with Crippen LogP contribution in [0.15, 0.2) is 58.2 Å². The van der Waals surface area contributed by atoms with Gasteiger partial charge in [-0.25, -0.2) is 0 Å². The Morgan fingerprint density at radius 2 is 1.83 bits per heavy atom. The van der Waals surface area contributed by atoms with Crippen molar-refractivity contribution in [3.63, 3.8) is 0 Å². The highest BCUT2D eigenvalue weighted by atomic mass is 35.5. The number of thioether (sulfide) groups is 1. The summed E-state index contributed by atoms with van der Waals surface area (Å²) in [5.74, 6) is 2.93. The predicted octanol–water partition coefficient (Wildman–Crippen LogP) is 5.49. The van der Waals surface area contributed by atoms with Crippen molar-refractivity contribution in [2.24, 2.45) is 0 Å². The Bertz CT molecular complexity index is 1120. The summed E-state index contributed by atoms with van der Waals surface area (Å²) in [5, 5.41) is 14.4. The highest BCUT2D eigenvalue weighted by Crippen LogP contribution is 2.34. The fraction of sp³-hybridized carbons (Fsp3) is 0.190. The van der Waals surface area contributed by atoms with Gasteiger partial charge in [0.25, 0.3) is 0 Å². The van der Waals surface area contributed by atoms with Crippen molar-refractivity contribution in [3.05, 3.63) is 70.6 Å². The van der Waals surface area contributed by atoms with Gasteiger partial charge in [-0.15, -0.1) is 10.2 Å². The molecular formula is C21H19ClN4O2S. The Morgan fingerprint density at radius 1 is 1.07 bits per heavy atom. The first-order chi connectivity index (χ1) is 14.1. The Balaban J connectivity index is 1.79. The summed E-state index contributed by atoms with van der Waals surface area (Å²) in [5.41, 5.74) is 3.74. The monoisotopic (exact) mass is 426 g/mol. The van der Waals surface area contributed by atoms with Crippen LogP contribution in [0, 0.1) is 13.8 Å². The molecule has 0 bridgehead atoms. The Hall–Kier alpha value is -2.77. The Labute approximate surface area is 177 Å². The predicted molar refractivity (Wildman–Crippen MR) is 114 cm³/mol. The first-order valence-corrected chi connectivity index (χ1v) is 10.3. The lowest BCUT2D eigenvalue weighted by Gasteiger charge is -2.12. The average Bonchev–Trinajstić information content (AvgIpc) is 3.30. The standard InChI is InChI=1S/C21H19ClN4O2S/c1-13-18(14(2)28-25-13)12-29-21-24-23-20(17-6-4-5-7-19(17)27-3)26(21)16-10-8-15(22)9-11-16/h4-11H,12H2,1-3H3. The summed E-state index contributed by atoms with van der Waals surface area (Å²) in [6.45, 7) is 3.86. The van der Waals surface area contributed by atoms with Crippen LogP contribution >= 0.6 is 23.4 Å². The van der Waals surface area contributed by atoms with Crippen LogP contribution in [0.3, 0.4) is 0 Å². The SMILES string of the molecule is COc1ccccc1-c1nnc(SCc2c(C)noc2C)n1-c1ccc(Cl)cc1. The highest BCUT2D eigenvalue weighted by molar-refractivity contribution is 7.98. The molecule has 0 amide bonds. The number of aromatic nitrogens is 4. The third-order valence-electron chi connectivity index (χ3n) is 4.59. The molecule has 0 aliphatic carbocycles. The molecule has 2 aromatic carbocycles. The van der Waals surface area contributed by atoms with E-state index in [1.54, 1.807) is 18.9 Å². The van der Waals surface area contributed by atoms with Gasteiger partial charge in [0.15, 0.2) is 11.0 Å². The van der Waals surface area contributed by atoms with Crippen LogP contribution in [0.2, 0.25) is 5.02 Å². The largest absolute Gasteiger partial charge is 0.496 e. The number of benzene rings is 2. The van der Waals surface area contributed by atoms with Crippen molar-refractivity contribution in [1.82, 2.24) is 19.9 Å². The van der Waals surface area contributed by atoms with Crippen molar-refractivity contribution in [2.45, 2.75) is 24.8 Å². The van der Waals surface area contributed by atoms with E-state index >= 15 is 0 Å². The third-order valence-corrected chi connectivity index (χ3v) is 5.80. The lowest BCUT2D eigenvalue weighted by atomic mass is 10.2. The van der Waals surface area contributed by atoms with Gasteiger partial charge in [-0.1, -0.05) is 40.7 Å². The second-order valence-electron chi connectivity index (χ2n) is 6.41. The second-order valence-corrected chi connectivity index (χ2v) is 7.79. The fourth-order valence-electron chi connectivity index (χ4n) is 3.03. The number of halogens is 1. The van der Waals surface area contributed by atoms with Crippen LogP contribution < -0.4 is 4.74 Å². The molecule has 2 aromatic heterocycles. The van der Waals surface area contributed by atoms with Gasteiger partial charge in [0.2, 0.25) is 0 Å². The van der Waals surface area contributed by atoms with Crippen molar-refractivity contribution in [2.75, 3.05) is 7.11 Å². The smallest absolute Gasteiger partial charge is 0.196 e. The molecule has 2 heterocycles. The van der Waals surface area contributed by atoms with Crippen LogP contribution in [0.25, 0.3) is 17.1 Å². The van der Waals surface area contributed by atoms with E-state index in [0.29, 0.717) is 16.6 Å². The number of rotatable bonds is 6. The summed E-state index contributed by atoms with van der Waals surface area (Å²) in [6, 6.07) is 15.4. The maximum absolute atomic E-state index is 6.10. The van der Waals surface area contributed by atoms with Gasteiger partial charge in [0, 0.05) is 22.0 Å². The van der Waals surface area contributed by atoms with Gasteiger partial charge < -0.3 is 9.26 Å². The maximum atomic E-state index is 6.10. The molecule has 4 rings (SSSR count). The molecule has 148 valence electrons. The van der Waals surface area contributed by atoms with Gasteiger partial charge in [0.1, 0.15) is 11.5 Å². The molecule has 0 spiro atoms. The molecule has 29 heavy (non-hydrogen) atoms. The van der Waals surface area contributed by atoms with Gasteiger partial charge in [-0.2, -0.15) is 0 Å². The van der Waals surface area contributed by atoms with Crippen molar-refractivity contribution < 1.29 is 9.26 Å². The van der Waals surface area contributed by atoms with Crippen LogP contribution in [0.4, 0.5) is 0 Å². The molecule has 0 atom stereocenters. The zero-order valence-corrected chi connectivity index (χ0v) is 17.8. The molecule has 0 aliphatic rings. The van der Waals surface area contributed by atoms with Gasteiger partial charge >= 0.3 is 0 Å². The van der Waals surface area contributed by atoms with Crippen molar-refractivity contribution in [3.8, 4) is 22.8 Å². The van der Waals surface area contributed by atoms with E-state index < -0.39 is 0 Å². The Morgan fingerprint density at radius 3 is 2.52 bits per heavy atom. The average molecular weight is 427 g/mol. The Kier molecular flexibility index (Phi) is 5.60. The molecule has 4 aromatic rings. The van der Waals surface area contributed by atoms with Gasteiger partial charge in [-0.3, -0.25) is 4.57 Å². The van der Waals surface area contributed by atoms with E-state index in [-0.39, 0.29) is 0 Å². The zero-order chi connectivity index (χ0) is 20.4. The highest BCUT2D eigenvalue weighted by Gasteiger charge is 2.20. The second kappa shape index (κ2) is 8.31. The van der Waals surface area contributed by atoms with E-state index in [4.69, 9.17) is 20.9 Å². The van der Waals surface area contributed by atoms with E-state index in [2.05, 4.69) is 15.4 Å². The maximum Gasteiger partial charge on any atom is 0.196 e. The number of nitrogens with zero attached hydrogens (tertiary/aromatic N) is 4. The number of aryl methyl sites for hydroxylation is 2. The minimum Gasteiger partial charge on any atom is -0.496 e. The summed E-state index contributed by atoms with van der Waals surface area (Å²) in [6.07, 6.45) is 0. The number of ether oxygens (including phenoxy) is 1. The lowest BCUT2D eigenvalue weighted by molar-refractivity contribution is 0.392. The minimum absolute atomic E-state index is 0.672. The normalized spacial score (nSPS) is 11.0. The molecule has 0 saturated heterocycles. The molecule has 6 nitrogen and oxygen atoms in total. The minimum atomic E-state index is 0.672. The molecule has 0 aliphatic heterocycles. The molecular weight excluding hydrogens is 408 g/mol. The summed E-state index contributed by atoms with van der Waals surface area (Å²) in [4.78, 5) is 0. The molecule has 0 saturated carbocycles. The summed E-state index contributed by atoms with van der Waals surface area (Å²) < 4.78 is 12.8. The lowest BCUT2D eigenvalue weighted by Crippen LogP contribution is -2.01. The van der Waals surface area contributed by atoms with E-state index in [1.165, 1.54) is 0 Å². The third kappa shape index (κ3) is 3.88. The number of hydrogen-bond acceptors (Lipinski definition) is 6. The number of methoxy groups -OCH3 is 1. The molecule has 0 unspecified atom stereocenters.